The Bertz CT molecular complexity index is 439. The molecule has 3 atom stereocenters. The van der Waals surface area contributed by atoms with Gasteiger partial charge in [-0.25, -0.2) is 0 Å². The maximum absolute atomic E-state index is 2.60. The molecule has 1 heteroatoms. The third-order valence-corrected chi connectivity index (χ3v) is 5.48. The number of likely N-dealkylation sites (tertiary alicyclic amines) is 1. The van der Waals surface area contributed by atoms with Gasteiger partial charge in [0, 0.05) is 18.0 Å². The van der Waals surface area contributed by atoms with Crippen molar-refractivity contribution < 1.29 is 0 Å². The second-order valence-corrected chi connectivity index (χ2v) is 6.62. The summed E-state index contributed by atoms with van der Waals surface area (Å²) in [6.45, 7) is 5.94. The van der Waals surface area contributed by atoms with E-state index in [-0.39, 0.29) is 0 Å². The van der Waals surface area contributed by atoms with Crippen molar-refractivity contribution in [3.05, 3.63) is 35.4 Å². The molecule has 1 aromatic rings. The quantitative estimate of drug-likeness (QED) is 0.726. The molecule has 0 aromatic heterocycles. The normalized spacial score (nSPS) is 36.6. The number of nitrogens with zero attached hydrogens (tertiary/aromatic N) is 1. The molecule has 1 aromatic carbocycles. The maximum Gasteiger partial charge on any atom is 0.0101 e. The largest absolute Gasteiger partial charge is 0.303 e. The predicted molar refractivity (Wildman–Crippen MR) is 76.9 cm³/mol. The zero-order valence-corrected chi connectivity index (χ0v) is 11.9. The second kappa shape index (κ2) is 4.38. The van der Waals surface area contributed by atoms with Crippen molar-refractivity contribution in [2.24, 2.45) is 5.92 Å². The molecule has 2 fully saturated rings. The molecule has 1 saturated heterocycles. The first-order chi connectivity index (χ1) is 8.62. The number of fused-ring (bicyclic) bond motifs is 2. The zero-order chi connectivity index (χ0) is 12.8. The highest BCUT2D eigenvalue weighted by Gasteiger charge is 2.46. The third kappa shape index (κ3) is 1.80. The van der Waals surface area contributed by atoms with Gasteiger partial charge in [0.2, 0.25) is 0 Å². The fourth-order valence-corrected chi connectivity index (χ4v) is 4.36. The Hall–Kier alpha value is -0.820. The van der Waals surface area contributed by atoms with Gasteiger partial charge < -0.3 is 4.90 Å². The number of rotatable bonds is 1. The summed E-state index contributed by atoms with van der Waals surface area (Å²) in [7, 11) is 2.31. The van der Waals surface area contributed by atoms with Gasteiger partial charge in [-0.1, -0.05) is 43.2 Å². The van der Waals surface area contributed by atoms with Crippen LogP contribution in [-0.2, 0) is 5.41 Å². The minimum absolute atomic E-state index is 0.460. The summed E-state index contributed by atoms with van der Waals surface area (Å²) in [6, 6.07) is 10.1. The van der Waals surface area contributed by atoms with E-state index in [9.17, 15) is 0 Å². The first-order valence-corrected chi connectivity index (χ1v) is 7.39. The van der Waals surface area contributed by atoms with Crippen LogP contribution >= 0.6 is 0 Å². The van der Waals surface area contributed by atoms with Crippen molar-refractivity contribution in [1.29, 1.82) is 0 Å². The molecule has 98 valence electrons. The van der Waals surface area contributed by atoms with Crippen molar-refractivity contribution >= 4 is 0 Å². The van der Waals surface area contributed by atoms with E-state index in [1.807, 2.05) is 0 Å². The van der Waals surface area contributed by atoms with Crippen LogP contribution in [0.5, 0.6) is 0 Å². The van der Waals surface area contributed by atoms with E-state index in [1.165, 1.54) is 37.8 Å². The molecule has 0 radical (unpaired) electrons. The van der Waals surface area contributed by atoms with Crippen molar-refractivity contribution in [2.45, 2.75) is 51.0 Å². The lowest BCUT2D eigenvalue weighted by Crippen LogP contribution is -2.55. The summed E-state index contributed by atoms with van der Waals surface area (Å²) >= 11 is 0. The van der Waals surface area contributed by atoms with Crippen molar-refractivity contribution in [3.63, 3.8) is 0 Å². The van der Waals surface area contributed by atoms with Gasteiger partial charge >= 0.3 is 0 Å². The molecule has 1 saturated carbocycles. The smallest absolute Gasteiger partial charge is 0.0101 e. The highest BCUT2D eigenvalue weighted by atomic mass is 15.1. The summed E-state index contributed by atoms with van der Waals surface area (Å²) in [5.74, 6) is 0.779. The molecule has 0 N–H and O–H groups in total. The Kier molecular flexibility index (Phi) is 2.97. The number of benzene rings is 1. The van der Waals surface area contributed by atoms with Crippen LogP contribution in [0.15, 0.2) is 24.3 Å². The fourth-order valence-electron chi connectivity index (χ4n) is 4.36. The Morgan fingerprint density at radius 2 is 2.17 bits per heavy atom. The molecule has 1 aliphatic heterocycles. The van der Waals surface area contributed by atoms with Crippen molar-refractivity contribution in [2.75, 3.05) is 13.6 Å². The van der Waals surface area contributed by atoms with Crippen LogP contribution in [0, 0.1) is 12.8 Å². The van der Waals surface area contributed by atoms with Crippen LogP contribution in [0.25, 0.3) is 0 Å². The molecule has 1 heterocycles. The first kappa shape index (κ1) is 12.2. The van der Waals surface area contributed by atoms with E-state index in [0.717, 1.165) is 12.0 Å². The lowest BCUT2D eigenvalue weighted by molar-refractivity contribution is 0.0266. The van der Waals surface area contributed by atoms with Crippen LogP contribution in [0.2, 0.25) is 0 Å². The van der Waals surface area contributed by atoms with Gasteiger partial charge in [0.05, 0.1) is 0 Å². The lowest BCUT2D eigenvalue weighted by Gasteiger charge is -2.53. The average molecular weight is 243 g/mol. The third-order valence-electron chi connectivity index (χ3n) is 5.48. The highest BCUT2D eigenvalue weighted by Crippen LogP contribution is 2.49. The van der Waals surface area contributed by atoms with Gasteiger partial charge in [-0.05, 0) is 44.7 Å². The minimum Gasteiger partial charge on any atom is -0.303 e. The van der Waals surface area contributed by atoms with Crippen molar-refractivity contribution in [1.82, 2.24) is 4.90 Å². The predicted octanol–water partition coefficient (Wildman–Crippen LogP) is 3.76. The molecular weight excluding hydrogens is 218 g/mol. The molecule has 3 rings (SSSR count). The van der Waals surface area contributed by atoms with E-state index < -0.39 is 0 Å². The molecule has 0 amide bonds. The molecule has 0 unspecified atom stereocenters. The molecule has 1 nitrogen and oxygen atoms in total. The van der Waals surface area contributed by atoms with E-state index in [0.29, 0.717) is 5.41 Å². The molecular formula is C17H25N. The van der Waals surface area contributed by atoms with Crippen LogP contribution < -0.4 is 0 Å². The molecule has 2 aliphatic rings. The van der Waals surface area contributed by atoms with E-state index >= 15 is 0 Å². The van der Waals surface area contributed by atoms with Gasteiger partial charge in [0.25, 0.3) is 0 Å². The van der Waals surface area contributed by atoms with Crippen LogP contribution in [-0.4, -0.2) is 24.5 Å². The van der Waals surface area contributed by atoms with Crippen molar-refractivity contribution in [3.8, 4) is 0 Å². The average Bonchev–Trinajstić information content (AvgIpc) is 2.37. The summed E-state index contributed by atoms with van der Waals surface area (Å²) < 4.78 is 0. The molecule has 2 bridgehead atoms. The highest BCUT2D eigenvalue weighted by molar-refractivity contribution is 5.32. The number of hydrogen-bond donors (Lipinski definition) is 0. The monoisotopic (exact) mass is 243 g/mol. The second-order valence-electron chi connectivity index (χ2n) is 6.62. The van der Waals surface area contributed by atoms with Crippen LogP contribution in [0.1, 0.15) is 43.7 Å². The Balaban J connectivity index is 2.01. The summed E-state index contributed by atoms with van der Waals surface area (Å²) in [4.78, 5) is 2.60. The van der Waals surface area contributed by atoms with Crippen LogP contribution in [0.4, 0.5) is 0 Å². The fraction of sp³-hybridized carbons (Fsp3) is 0.647. The van der Waals surface area contributed by atoms with E-state index in [4.69, 9.17) is 0 Å². The molecule has 18 heavy (non-hydrogen) atoms. The first-order valence-electron chi connectivity index (χ1n) is 7.39. The van der Waals surface area contributed by atoms with Gasteiger partial charge in [-0.2, -0.15) is 0 Å². The van der Waals surface area contributed by atoms with Crippen LogP contribution in [0.3, 0.4) is 0 Å². The SMILES string of the molecule is Cc1cccc([C@@]23CCC[C@H](C2)N(C)C[C@H]3C)c1. The molecule has 1 aliphatic carbocycles. The summed E-state index contributed by atoms with van der Waals surface area (Å²) in [5.41, 5.74) is 3.48. The van der Waals surface area contributed by atoms with Gasteiger partial charge in [-0.3, -0.25) is 0 Å². The zero-order valence-electron chi connectivity index (χ0n) is 11.9. The number of piperidine rings is 1. The van der Waals surface area contributed by atoms with Gasteiger partial charge in [0.1, 0.15) is 0 Å². The molecule has 0 spiro atoms. The Labute approximate surface area is 111 Å². The number of aryl methyl sites for hydroxylation is 1. The van der Waals surface area contributed by atoms with E-state index in [2.05, 4.69) is 50.1 Å². The van der Waals surface area contributed by atoms with E-state index in [1.54, 1.807) is 5.56 Å². The lowest BCUT2D eigenvalue weighted by atomic mass is 9.59. The van der Waals surface area contributed by atoms with Gasteiger partial charge in [-0.15, -0.1) is 0 Å². The summed E-state index contributed by atoms with van der Waals surface area (Å²) in [5, 5.41) is 0. The topological polar surface area (TPSA) is 3.24 Å². The maximum atomic E-state index is 2.60. The summed E-state index contributed by atoms with van der Waals surface area (Å²) in [6.07, 6.45) is 5.56. The van der Waals surface area contributed by atoms with Gasteiger partial charge in [0.15, 0.2) is 0 Å². The Morgan fingerprint density at radius 1 is 1.33 bits per heavy atom. The Morgan fingerprint density at radius 3 is 2.94 bits per heavy atom. The minimum atomic E-state index is 0.460. The number of hydrogen-bond acceptors (Lipinski definition) is 1. The standard InChI is InChI=1S/C17H25N/c1-13-6-4-7-15(10-13)17-9-5-8-16(11-17)18(3)12-14(17)2/h4,6-7,10,14,16H,5,8-9,11-12H2,1-3H3/t14-,16-,17+/m1/s1.